The second-order valence-corrected chi connectivity index (χ2v) is 8.07. The number of aromatic nitrogens is 2. The van der Waals surface area contributed by atoms with Crippen molar-refractivity contribution in [2.45, 2.75) is 38.3 Å². The van der Waals surface area contributed by atoms with Crippen LogP contribution >= 0.6 is 0 Å². The van der Waals surface area contributed by atoms with E-state index in [1.165, 1.54) is 12.8 Å². The molecule has 2 aromatic heterocycles. The molecule has 4 aliphatic heterocycles. The van der Waals surface area contributed by atoms with Crippen LogP contribution in [0.3, 0.4) is 0 Å². The number of piperidine rings is 2. The molecule has 0 saturated carbocycles. The first kappa shape index (κ1) is 16.3. The van der Waals surface area contributed by atoms with Gasteiger partial charge in [-0.2, -0.15) is 0 Å². The van der Waals surface area contributed by atoms with Gasteiger partial charge in [-0.1, -0.05) is 0 Å². The Morgan fingerprint density at radius 3 is 2.92 bits per heavy atom. The highest BCUT2D eigenvalue weighted by Gasteiger charge is 2.41. The van der Waals surface area contributed by atoms with Gasteiger partial charge in [0.1, 0.15) is 5.65 Å². The SMILES string of the molecule is Cc1cnc2cc(C(=O)N3CC4CCC3CN4CC3CCOC3)ccn12. The zero-order chi connectivity index (χ0) is 17.7. The van der Waals surface area contributed by atoms with E-state index in [4.69, 9.17) is 4.74 Å². The van der Waals surface area contributed by atoms with Crippen LogP contribution in [0.1, 0.15) is 35.3 Å². The van der Waals surface area contributed by atoms with Crippen LogP contribution in [-0.2, 0) is 4.74 Å². The molecule has 1 amide bonds. The normalized spacial score (nSPS) is 29.0. The van der Waals surface area contributed by atoms with E-state index in [0.29, 0.717) is 18.0 Å². The number of fused-ring (bicyclic) bond motifs is 4. The number of aryl methyl sites for hydroxylation is 1. The van der Waals surface area contributed by atoms with Crippen LogP contribution in [0.25, 0.3) is 5.65 Å². The molecule has 6 heterocycles. The third-order valence-electron chi connectivity index (χ3n) is 6.37. The molecule has 4 saturated heterocycles. The number of imidazole rings is 1. The van der Waals surface area contributed by atoms with Gasteiger partial charge in [0.25, 0.3) is 5.91 Å². The van der Waals surface area contributed by atoms with Crippen LogP contribution in [0.15, 0.2) is 24.5 Å². The highest BCUT2D eigenvalue weighted by molar-refractivity contribution is 5.95. The van der Waals surface area contributed by atoms with E-state index in [0.717, 1.165) is 56.2 Å². The molecule has 0 aromatic carbocycles. The molecule has 6 rings (SSSR count). The summed E-state index contributed by atoms with van der Waals surface area (Å²) in [6, 6.07) is 4.69. The van der Waals surface area contributed by atoms with Crippen molar-refractivity contribution in [3.63, 3.8) is 0 Å². The minimum absolute atomic E-state index is 0.159. The van der Waals surface area contributed by atoms with E-state index >= 15 is 0 Å². The Hall–Kier alpha value is -1.92. The van der Waals surface area contributed by atoms with E-state index in [2.05, 4.69) is 14.8 Å². The minimum Gasteiger partial charge on any atom is -0.381 e. The summed E-state index contributed by atoms with van der Waals surface area (Å²) in [7, 11) is 0. The molecule has 0 N–H and O–H groups in total. The van der Waals surface area contributed by atoms with Crippen molar-refractivity contribution in [1.82, 2.24) is 19.2 Å². The number of hydrogen-bond donors (Lipinski definition) is 0. The Morgan fingerprint density at radius 2 is 2.15 bits per heavy atom. The van der Waals surface area contributed by atoms with Gasteiger partial charge in [0.2, 0.25) is 0 Å². The van der Waals surface area contributed by atoms with E-state index in [1.54, 1.807) is 0 Å². The lowest BCUT2D eigenvalue weighted by atomic mass is 9.89. The Morgan fingerprint density at radius 1 is 1.27 bits per heavy atom. The molecule has 0 radical (unpaired) electrons. The fourth-order valence-corrected chi connectivity index (χ4v) is 4.85. The Balaban J connectivity index is 1.31. The molecular weight excluding hydrogens is 328 g/mol. The number of amides is 1. The molecule has 3 atom stereocenters. The number of carbonyl (C=O) groups is 1. The van der Waals surface area contributed by atoms with Crippen LogP contribution in [0.2, 0.25) is 0 Å². The van der Waals surface area contributed by atoms with E-state index in [9.17, 15) is 4.79 Å². The van der Waals surface area contributed by atoms with Gasteiger partial charge in [-0.15, -0.1) is 0 Å². The maximum atomic E-state index is 13.1. The summed E-state index contributed by atoms with van der Waals surface area (Å²) in [5.74, 6) is 0.830. The molecule has 2 aromatic rings. The summed E-state index contributed by atoms with van der Waals surface area (Å²) in [5, 5.41) is 0. The summed E-state index contributed by atoms with van der Waals surface area (Å²) in [6.45, 7) is 6.83. The predicted octanol–water partition coefficient (Wildman–Crippen LogP) is 1.97. The van der Waals surface area contributed by atoms with Crippen LogP contribution in [0.4, 0.5) is 0 Å². The number of nitrogens with zero attached hydrogens (tertiary/aromatic N) is 4. The van der Waals surface area contributed by atoms with Gasteiger partial charge in [0, 0.05) is 62.0 Å². The first-order valence-electron chi connectivity index (χ1n) is 9.75. The van der Waals surface area contributed by atoms with Crippen LogP contribution in [-0.4, -0.2) is 70.0 Å². The first-order valence-corrected chi connectivity index (χ1v) is 9.75. The van der Waals surface area contributed by atoms with Crippen molar-refractivity contribution in [1.29, 1.82) is 0 Å². The Bertz CT molecular complexity index is 826. The second-order valence-electron chi connectivity index (χ2n) is 8.07. The summed E-state index contributed by atoms with van der Waals surface area (Å²) < 4.78 is 7.55. The second kappa shape index (κ2) is 6.35. The average Bonchev–Trinajstić information content (AvgIpc) is 3.31. The largest absolute Gasteiger partial charge is 0.381 e. The predicted molar refractivity (Wildman–Crippen MR) is 98.3 cm³/mol. The van der Waals surface area contributed by atoms with E-state index < -0.39 is 0 Å². The van der Waals surface area contributed by atoms with Gasteiger partial charge in [-0.3, -0.25) is 9.69 Å². The number of carbonyl (C=O) groups excluding carboxylic acids is 1. The standard InChI is InChI=1S/C20H26N4O2/c1-14-9-21-19-8-16(4-6-23(14)19)20(25)24-12-17-2-3-18(24)11-22(17)10-15-5-7-26-13-15/h4,6,8-9,15,17-18H,2-3,5,7,10-13H2,1H3. The fraction of sp³-hybridized carbons (Fsp3) is 0.600. The van der Waals surface area contributed by atoms with Crippen molar-refractivity contribution in [2.24, 2.45) is 5.92 Å². The molecule has 3 unspecified atom stereocenters. The van der Waals surface area contributed by atoms with E-state index in [1.807, 2.05) is 35.9 Å². The zero-order valence-corrected chi connectivity index (χ0v) is 15.3. The van der Waals surface area contributed by atoms with Gasteiger partial charge in [-0.05, 0) is 44.2 Å². The molecule has 138 valence electrons. The average molecular weight is 354 g/mol. The van der Waals surface area contributed by atoms with Crippen molar-refractivity contribution in [3.05, 3.63) is 35.8 Å². The van der Waals surface area contributed by atoms with Crippen LogP contribution in [0.5, 0.6) is 0 Å². The third kappa shape index (κ3) is 2.72. The van der Waals surface area contributed by atoms with Gasteiger partial charge < -0.3 is 14.0 Å². The number of hydrogen-bond acceptors (Lipinski definition) is 4. The number of pyridine rings is 1. The molecule has 4 aliphatic rings. The summed E-state index contributed by atoms with van der Waals surface area (Å²) in [5.41, 5.74) is 2.69. The summed E-state index contributed by atoms with van der Waals surface area (Å²) in [6.07, 6.45) is 7.32. The van der Waals surface area contributed by atoms with Crippen LogP contribution in [0, 0.1) is 12.8 Å². The number of ether oxygens (including phenoxy) is 1. The third-order valence-corrected chi connectivity index (χ3v) is 6.37. The Kier molecular flexibility index (Phi) is 3.98. The van der Waals surface area contributed by atoms with Crippen molar-refractivity contribution < 1.29 is 9.53 Å². The lowest BCUT2D eigenvalue weighted by Crippen LogP contribution is -2.64. The monoisotopic (exact) mass is 354 g/mol. The highest BCUT2D eigenvalue weighted by atomic mass is 16.5. The summed E-state index contributed by atoms with van der Waals surface area (Å²) in [4.78, 5) is 22.3. The lowest BCUT2D eigenvalue weighted by molar-refractivity contribution is -0.0182. The molecular formula is C20H26N4O2. The number of piperazine rings is 1. The van der Waals surface area contributed by atoms with Gasteiger partial charge in [-0.25, -0.2) is 4.98 Å². The topological polar surface area (TPSA) is 50.1 Å². The number of rotatable bonds is 3. The van der Waals surface area contributed by atoms with Gasteiger partial charge in [0.15, 0.2) is 0 Å². The molecule has 4 fully saturated rings. The van der Waals surface area contributed by atoms with Crippen molar-refractivity contribution in [2.75, 3.05) is 32.8 Å². The molecule has 26 heavy (non-hydrogen) atoms. The van der Waals surface area contributed by atoms with Crippen LogP contribution < -0.4 is 0 Å². The van der Waals surface area contributed by atoms with Gasteiger partial charge in [0.05, 0.1) is 6.61 Å². The quantitative estimate of drug-likeness (QED) is 0.846. The maximum absolute atomic E-state index is 13.1. The molecule has 6 nitrogen and oxygen atoms in total. The smallest absolute Gasteiger partial charge is 0.254 e. The van der Waals surface area contributed by atoms with Crippen molar-refractivity contribution in [3.8, 4) is 0 Å². The summed E-state index contributed by atoms with van der Waals surface area (Å²) >= 11 is 0. The highest BCUT2D eigenvalue weighted by Crippen LogP contribution is 2.31. The Labute approximate surface area is 153 Å². The molecule has 6 heteroatoms. The van der Waals surface area contributed by atoms with Crippen molar-refractivity contribution >= 4 is 11.6 Å². The van der Waals surface area contributed by atoms with E-state index in [-0.39, 0.29) is 5.91 Å². The maximum Gasteiger partial charge on any atom is 0.254 e. The minimum atomic E-state index is 0.159. The lowest BCUT2D eigenvalue weighted by Gasteiger charge is -2.52. The fourth-order valence-electron chi connectivity index (χ4n) is 4.85. The molecule has 2 bridgehead atoms. The molecule has 0 aliphatic carbocycles. The van der Waals surface area contributed by atoms with Gasteiger partial charge >= 0.3 is 0 Å². The molecule has 0 spiro atoms. The zero-order valence-electron chi connectivity index (χ0n) is 15.3. The first-order chi connectivity index (χ1) is 12.7.